The highest BCUT2D eigenvalue weighted by Gasteiger charge is 2.36. The summed E-state index contributed by atoms with van der Waals surface area (Å²) in [5, 5.41) is 0. The molecule has 0 N–H and O–H groups in total. The Balaban J connectivity index is 2.25. The van der Waals surface area contributed by atoms with Crippen LogP contribution in [0.2, 0.25) is 0 Å². The van der Waals surface area contributed by atoms with Gasteiger partial charge in [-0.15, -0.1) is 0 Å². The van der Waals surface area contributed by atoms with Crippen LogP contribution >= 0.6 is 0 Å². The Morgan fingerprint density at radius 1 is 1.04 bits per heavy atom. The molecule has 2 heterocycles. The van der Waals surface area contributed by atoms with Gasteiger partial charge in [-0.25, -0.2) is 0 Å². The van der Waals surface area contributed by atoms with E-state index in [0.29, 0.717) is 19.7 Å². The molecule has 5 nitrogen and oxygen atoms in total. The molecule has 2 aromatic heterocycles. The second-order valence-corrected chi connectivity index (χ2v) is 5.78. The Morgan fingerprint density at radius 3 is 1.96 bits per heavy atom. The SMILES string of the molecule is CCOC(=O)C(C)(C)N(Cc1ccccn1)Cc1ccccn1. The van der Waals surface area contributed by atoms with E-state index in [1.54, 1.807) is 12.4 Å². The predicted molar refractivity (Wildman–Crippen MR) is 88.4 cm³/mol. The molecular formula is C18H23N3O2. The Morgan fingerprint density at radius 2 is 1.57 bits per heavy atom. The lowest BCUT2D eigenvalue weighted by Crippen LogP contribution is -2.50. The van der Waals surface area contributed by atoms with Crippen LogP contribution in [0.3, 0.4) is 0 Å². The van der Waals surface area contributed by atoms with Gasteiger partial charge in [-0.1, -0.05) is 12.1 Å². The summed E-state index contributed by atoms with van der Waals surface area (Å²) in [4.78, 5) is 23.1. The summed E-state index contributed by atoms with van der Waals surface area (Å²) in [7, 11) is 0. The summed E-state index contributed by atoms with van der Waals surface area (Å²) in [6.45, 7) is 7.01. The topological polar surface area (TPSA) is 55.3 Å². The smallest absolute Gasteiger partial charge is 0.325 e. The van der Waals surface area contributed by atoms with Crippen LogP contribution in [0.4, 0.5) is 0 Å². The maximum Gasteiger partial charge on any atom is 0.325 e. The minimum atomic E-state index is -0.773. The highest BCUT2D eigenvalue weighted by molar-refractivity contribution is 5.79. The van der Waals surface area contributed by atoms with Crippen LogP contribution in [0.25, 0.3) is 0 Å². The summed E-state index contributed by atoms with van der Waals surface area (Å²) in [6.07, 6.45) is 3.51. The third kappa shape index (κ3) is 4.60. The molecule has 0 aromatic carbocycles. The molecule has 0 aliphatic rings. The van der Waals surface area contributed by atoms with E-state index >= 15 is 0 Å². The second-order valence-electron chi connectivity index (χ2n) is 5.78. The summed E-state index contributed by atoms with van der Waals surface area (Å²) in [6, 6.07) is 11.5. The first-order chi connectivity index (χ1) is 11.0. The molecule has 0 saturated heterocycles. The minimum absolute atomic E-state index is 0.244. The maximum absolute atomic E-state index is 12.4. The van der Waals surface area contributed by atoms with E-state index in [2.05, 4.69) is 9.97 Å². The van der Waals surface area contributed by atoms with Gasteiger partial charge in [0.15, 0.2) is 0 Å². The summed E-state index contributed by atoms with van der Waals surface area (Å²) >= 11 is 0. The van der Waals surface area contributed by atoms with Gasteiger partial charge in [0.25, 0.3) is 0 Å². The van der Waals surface area contributed by atoms with Gasteiger partial charge < -0.3 is 4.74 Å². The molecule has 0 radical (unpaired) electrons. The lowest BCUT2D eigenvalue weighted by molar-refractivity contribution is -0.156. The van der Waals surface area contributed by atoms with Crippen LogP contribution in [0.1, 0.15) is 32.2 Å². The zero-order valence-electron chi connectivity index (χ0n) is 13.9. The van der Waals surface area contributed by atoms with Crippen LogP contribution in [0, 0.1) is 0 Å². The van der Waals surface area contributed by atoms with Crippen LogP contribution in [0.5, 0.6) is 0 Å². The van der Waals surface area contributed by atoms with Gasteiger partial charge in [-0.05, 0) is 45.0 Å². The Hall–Kier alpha value is -2.27. The van der Waals surface area contributed by atoms with Crippen molar-refractivity contribution in [1.29, 1.82) is 0 Å². The molecule has 0 amide bonds. The summed E-state index contributed by atoms with van der Waals surface area (Å²) < 4.78 is 5.24. The fourth-order valence-corrected chi connectivity index (χ4v) is 2.26. The van der Waals surface area contributed by atoms with E-state index in [0.717, 1.165) is 11.4 Å². The number of ether oxygens (including phenoxy) is 1. The first kappa shape index (κ1) is 17.1. The fourth-order valence-electron chi connectivity index (χ4n) is 2.26. The normalized spacial score (nSPS) is 11.5. The largest absolute Gasteiger partial charge is 0.465 e. The number of pyridine rings is 2. The summed E-state index contributed by atoms with van der Waals surface area (Å²) in [5.41, 5.74) is 1.03. The van der Waals surface area contributed by atoms with Gasteiger partial charge in [0.2, 0.25) is 0 Å². The maximum atomic E-state index is 12.4. The molecule has 2 aromatic rings. The molecule has 0 bridgehead atoms. The van der Waals surface area contributed by atoms with Crippen LogP contribution in [-0.2, 0) is 22.6 Å². The van der Waals surface area contributed by atoms with Gasteiger partial charge in [-0.3, -0.25) is 19.7 Å². The molecule has 122 valence electrons. The van der Waals surface area contributed by atoms with Crippen molar-refractivity contribution < 1.29 is 9.53 Å². The first-order valence-electron chi connectivity index (χ1n) is 7.76. The Kier molecular flexibility index (Phi) is 5.82. The monoisotopic (exact) mass is 313 g/mol. The number of hydrogen-bond donors (Lipinski definition) is 0. The zero-order valence-corrected chi connectivity index (χ0v) is 13.9. The number of rotatable bonds is 7. The van der Waals surface area contributed by atoms with Crippen molar-refractivity contribution in [3.8, 4) is 0 Å². The van der Waals surface area contributed by atoms with E-state index in [4.69, 9.17) is 4.74 Å². The predicted octanol–water partition coefficient (Wildman–Crippen LogP) is 2.82. The number of carbonyl (C=O) groups is 1. The third-order valence-corrected chi connectivity index (χ3v) is 3.72. The van der Waals surface area contributed by atoms with Crippen molar-refractivity contribution >= 4 is 5.97 Å². The molecule has 0 saturated carbocycles. The van der Waals surface area contributed by atoms with Crippen LogP contribution in [-0.4, -0.2) is 33.0 Å². The quantitative estimate of drug-likeness (QED) is 0.736. The molecule has 0 aliphatic heterocycles. The second kappa shape index (κ2) is 7.83. The van der Waals surface area contributed by atoms with Crippen molar-refractivity contribution in [2.24, 2.45) is 0 Å². The lowest BCUT2D eigenvalue weighted by Gasteiger charge is -2.36. The molecule has 0 aliphatic carbocycles. The van der Waals surface area contributed by atoms with Crippen molar-refractivity contribution in [1.82, 2.24) is 14.9 Å². The van der Waals surface area contributed by atoms with Crippen molar-refractivity contribution in [2.75, 3.05) is 6.61 Å². The number of esters is 1. The molecule has 2 rings (SSSR count). The average molecular weight is 313 g/mol. The highest BCUT2D eigenvalue weighted by atomic mass is 16.5. The molecule has 23 heavy (non-hydrogen) atoms. The molecule has 0 unspecified atom stereocenters. The van der Waals surface area contributed by atoms with Gasteiger partial charge in [-0.2, -0.15) is 0 Å². The molecule has 5 heteroatoms. The van der Waals surface area contributed by atoms with Crippen molar-refractivity contribution in [2.45, 2.75) is 39.4 Å². The van der Waals surface area contributed by atoms with E-state index in [1.165, 1.54) is 0 Å². The van der Waals surface area contributed by atoms with E-state index in [1.807, 2.05) is 62.1 Å². The van der Waals surface area contributed by atoms with Crippen LogP contribution in [0.15, 0.2) is 48.8 Å². The van der Waals surface area contributed by atoms with Crippen molar-refractivity contribution in [3.05, 3.63) is 60.2 Å². The van der Waals surface area contributed by atoms with E-state index < -0.39 is 5.54 Å². The average Bonchev–Trinajstić information content (AvgIpc) is 2.56. The van der Waals surface area contributed by atoms with Crippen molar-refractivity contribution in [3.63, 3.8) is 0 Å². The van der Waals surface area contributed by atoms with E-state index in [9.17, 15) is 4.79 Å². The molecule has 0 fully saturated rings. The Labute approximate surface area is 137 Å². The minimum Gasteiger partial charge on any atom is -0.465 e. The highest BCUT2D eigenvalue weighted by Crippen LogP contribution is 2.21. The molecule has 0 spiro atoms. The van der Waals surface area contributed by atoms with Gasteiger partial charge >= 0.3 is 5.97 Å². The standard InChI is InChI=1S/C18H23N3O2/c1-4-23-17(22)18(2,3)21(13-15-9-5-7-11-19-15)14-16-10-6-8-12-20-16/h5-12H,4,13-14H2,1-3H3. The number of hydrogen-bond acceptors (Lipinski definition) is 5. The Bertz CT molecular complexity index is 573. The lowest BCUT2D eigenvalue weighted by atomic mass is 10.0. The number of aromatic nitrogens is 2. The molecule has 0 atom stereocenters. The van der Waals surface area contributed by atoms with E-state index in [-0.39, 0.29) is 5.97 Å². The zero-order chi connectivity index (χ0) is 16.7. The van der Waals surface area contributed by atoms with Gasteiger partial charge in [0, 0.05) is 25.5 Å². The number of nitrogens with zero attached hydrogens (tertiary/aromatic N) is 3. The first-order valence-corrected chi connectivity index (χ1v) is 7.76. The van der Waals surface area contributed by atoms with Gasteiger partial charge in [0.1, 0.15) is 5.54 Å². The number of carbonyl (C=O) groups excluding carboxylic acids is 1. The molecular weight excluding hydrogens is 290 g/mol. The third-order valence-electron chi connectivity index (χ3n) is 3.72. The fraction of sp³-hybridized carbons (Fsp3) is 0.389. The van der Waals surface area contributed by atoms with Gasteiger partial charge in [0.05, 0.1) is 18.0 Å². The van der Waals surface area contributed by atoms with Crippen LogP contribution < -0.4 is 0 Å². The summed E-state index contributed by atoms with van der Waals surface area (Å²) in [5.74, 6) is -0.244.